The molecule has 0 fully saturated rings. The maximum absolute atomic E-state index is 12.6. The number of amides is 4. The highest BCUT2D eigenvalue weighted by Gasteiger charge is 2.29. The first kappa shape index (κ1) is 26.6. The van der Waals surface area contributed by atoms with Gasteiger partial charge in [0, 0.05) is 24.7 Å². The zero-order valence-corrected chi connectivity index (χ0v) is 18.3. The average Bonchev–Trinajstić information content (AvgIpc) is 3.22. The number of aromatic nitrogens is 2. The predicted octanol–water partition coefficient (Wildman–Crippen LogP) is -2.24. The lowest BCUT2D eigenvalue weighted by Crippen LogP contribution is -2.57. The van der Waals surface area contributed by atoms with Crippen LogP contribution in [0.5, 0.6) is 0 Å². The fourth-order valence-corrected chi connectivity index (χ4v) is 2.62. The molecule has 13 heteroatoms. The van der Waals surface area contributed by atoms with Gasteiger partial charge in [-0.25, -0.2) is 9.78 Å². The molecular weight excluding hydrogens is 422 g/mol. The Bertz CT molecular complexity index is 811. The number of nitrogens with one attached hydrogen (secondary N) is 4. The maximum Gasteiger partial charge on any atom is 0.326 e. The van der Waals surface area contributed by atoms with E-state index in [1.54, 1.807) is 13.8 Å². The van der Waals surface area contributed by atoms with Crippen molar-refractivity contribution in [3.63, 3.8) is 0 Å². The lowest BCUT2D eigenvalue weighted by Gasteiger charge is -2.24. The van der Waals surface area contributed by atoms with Gasteiger partial charge in [-0.05, 0) is 19.3 Å². The summed E-state index contributed by atoms with van der Waals surface area (Å²) in [5.74, 6) is -4.20. The van der Waals surface area contributed by atoms with Gasteiger partial charge in [0.1, 0.15) is 18.1 Å². The molecule has 1 rings (SSSR count). The first-order chi connectivity index (χ1) is 14.9. The Labute approximate surface area is 185 Å². The molecule has 0 bridgehead atoms. The van der Waals surface area contributed by atoms with Crippen molar-refractivity contribution in [2.45, 2.75) is 64.2 Å². The Morgan fingerprint density at radius 1 is 1.03 bits per heavy atom. The van der Waals surface area contributed by atoms with Gasteiger partial charge in [-0.15, -0.1) is 0 Å². The minimum Gasteiger partial charge on any atom is -0.480 e. The molecule has 0 aliphatic heterocycles. The number of aromatic amines is 1. The Balaban J connectivity index is 2.78. The number of hydrogen-bond donors (Lipinski definition) is 7. The van der Waals surface area contributed by atoms with Crippen LogP contribution in [0.4, 0.5) is 0 Å². The fraction of sp³-hybridized carbons (Fsp3) is 0.579. The summed E-state index contributed by atoms with van der Waals surface area (Å²) in [5.41, 5.74) is 11.4. The summed E-state index contributed by atoms with van der Waals surface area (Å²) in [6.45, 7) is 4.82. The molecule has 1 aromatic rings. The van der Waals surface area contributed by atoms with E-state index in [1.807, 2.05) is 0 Å². The number of H-pyrrole nitrogens is 1. The van der Waals surface area contributed by atoms with Crippen molar-refractivity contribution in [3.8, 4) is 0 Å². The molecule has 4 amide bonds. The van der Waals surface area contributed by atoms with Crippen molar-refractivity contribution in [2.24, 2.45) is 17.4 Å². The van der Waals surface area contributed by atoms with Crippen molar-refractivity contribution < 1.29 is 29.1 Å². The summed E-state index contributed by atoms with van der Waals surface area (Å²) < 4.78 is 0. The van der Waals surface area contributed by atoms with Crippen LogP contribution in [0.3, 0.4) is 0 Å². The van der Waals surface area contributed by atoms with Gasteiger partial charge in [-0.2, -0.15) is 0 Å². The normalized spacial score (nSPS) is 14.7. The number of imidazole rings is 1. The van der Waals surface area contributed by atoms with Crippen LogP contribution in [0.1, 0.15) is 39.3 Å². The molecule has 0 saturated heterocycles. The third-order valence-electron chi connectivity index (χ3n) is 4.68. The first-order valence-corrected chi connectivity index (χ1v) is 10.1. The number of aliphatic carboxylic acids is 1. The second-order valence-corrected chi connectivity index (χ2v) is 7.75. The summed E-state index contributed by atoms with van der Waals surface area (Å²) in [5, 5.41) is 16.6. The molecule has 32 heavy (non-hydrogen) atoms. The number of carboxylic acid groups (broad SMARTS) is 1. The van der Waals surface area contributed by atoms with Gasteiger partial charge in [0.15, 0.2) is 0 Å². The molecule has 1 aromatic heterocycles. The molecule has 0 aromatic carbocycles. The standard InChI is InChI=1S/C19H31N7O6/c1-9(2)15(21)18(30)25-12(4-5-14(20)27)17(29)24-10(3)16(28)26-13(19(31)32)6-11-7-22-8-23-11/h7-10,12-13,15H,4-6,21H2,1-3H3,(H2,20,27)(H,22,23)(H,24,29)(H,25,30)(H,26,28)(H,31,32). The second-order valence-electron chi connectivity index (χ2n) is 7.75. The van der Waals surface area contributed by atoms with Crippen molar-refractivity contribution >= 4 is 29.6 Å². The number of carbonyl (C=O) groups excluding carboxylic acids is 4. The van der Waals surface area contributed by atoms with Gasteiger partial charge in [-0.3, -0.25) is 19.2 Å². The quantitative estimate of drug-likeness (QED) is 0.172. The molecule has 4 atom stereocenters. The van der Waals surface area contributed by atoms with Crippen LogP contribution in [0.25, 0.3) is 0 Å². The van der Waals surface area contributed by atoms with Crippen LogP contribution in [-0.4, -0.2) is 68.8 Å². The zero-order chi connectivity index (χ0) is 24.4. The summed E-state index contributed by atoms with van der Waals surface area (Å²) in [6.07, 6.45) is 2.50. The van der Waals surface area contributed by atoms with Gasteiger partial charge in [-0.1, -0.05) is 13.8 Å². The van der Waals surface area contributed by atoms with Crippen molar-refractivity contribution in [1.82, 2.24) is 25.9 Å². The van der Waals surface area contributed by atoms with E-state index in [9.17, 15) is 29.1 Å². The molecule has 0 radical (unpaired) electrons. The Morgan fingerprint density at radius 3 is 2.16 bits per heavy atom. The van der Waals surface area contributed by atoms with E-state index < -0.39 is 53.8 Å². The third-order valence-corrected chi connectivity index (χ3v) is 4.68. The van der Waals surface area contributed by atoms with Crippen molar-refractivity contribution in [3.05, 3.63) is 18.2 Å². The molecule has 9 N–H and O–H groups in total. The summed E-state index contributed by atoms with van der Waals surface area (Å²) in [7, 11) is 0. The van der Waals surface area contributed by atoms with Gasteiger partial charge < -0.3 is 37.5 Å². The highest BCUT2D eigenvalue weighted by atomic mass is 16.4. The third kappa shape index (κ3) is 8.71. The Hall–Kier alpha value is -3.48. The number of carbonyl (C=O) groups is 5. The van der Waals surface area contributed by atoms with Crippen LogP contribution in [0, 0.1) is 5.92 Å². The van der Waals surface area contributed by atoms with Gasteiger partial charge >= 0.3 is 5.97 Å². The largest absolute Gasteiger partial charge is 0.480 e. The molecular formula is C19H31N7O6. The SMILES string of the molecule is CC(NC(=O)C(CCC(N)=O)NC(=O)C(N)C(C)C)C(=O)NC(Cc1cnc[nH]1)C(=O)O. The van der Waals surface area contributed by atoms with Gasteiger partial charge in [0.25, 0.3) is 0 Å². The number of nitrogens with zero attached hydrogens (tertiary/aromatic N) is 1. The van der Waals surface area contributed by atoms with Crippen LogP contribution in [-0.2, 0) is 30.4 Å². The van der Waals surface area contributed by atoms with Crippen molar-refractivity contribution in [2.75, 3.05) is 0 Å². The lowest BCUT2D eigenvalue weighted by atomic mass is 10.0. The average molecular weight is 454 g/mol. The Morgan fingerprint density at radius 2 is 1.66 bits per heavy atom. The number of rotatable bonds is 13. The molecule has 0 aliphatic carbocycles. The van der Waals surface area contributed by atoms with E-state index in [-0.39, 0.29) is 25.2 Å². The Kier molecular flexibility index (Phi) is 10.3. The molecule has 178 valence electrons. The topological polar surface area (TPSA) is 222 Å². The monoisotopic (exact) mass is 453 g/mol. The fourth-order valence-electron chi connectivity index (χ4n) is 2.62. The van der Waals surface area contributed by atoms with E-state index in [0.717, 1.165) is 0 Å². The van der Waals surface area contributed by atoms with E-state index in [2.05, 4.69) is 25.9 Å². The highest BCUT2D eigenvalue weighted by Crippen LogP contribution is 2.04. The molecule has 4 unspecified atom stereocenters. The van der Waals surface area contributed by atoms with Crippen LogP contribution >= 0.6 is 0 Å². The minimum atomic E-state index is -1.26. The van der Waals surface area contributed by atoms with Crippen molar-refractivity contribution in [1.29, 1.82) is 0 Å². The summed E-state index contributed by atoms with van der Waals surface area (Å²) in [4.78, 5) is 66.5. The van der Waals surface area contributed by atoms with E-state index in [1.165, 1.54) is 19.4 Å². The molecule has 0 saturated carbocycles. The van der Waals surface area contributed by atoms with Crippen LogP contribution in [0.15, 0.2) is 12.5 Å². The highest BCUT2D eigenvalue weighted by molar-refractivity contribution is 5.94. The first-order valence-electron chi connectivity index (χ1n) is 10.1. The molecule has 0 aliphatic rings. The van der Waals surface area contributed by atoms with Gasteiger partial charge in [0.2, 0.25) is 23.6 Å². The zero-order valence-electron chi connectivity index (χ0n) is 18.3. The molecule has 13 nitrogen and oxygen atoms in total. The van der Waals surface area contributed by atoms with Crippen LogP contribution in [0.2, 0.25) is 0 Å². The molecule has 0 spiro atoms. The van der Waals surface area contributed by atoms with E-state index >= 15 is 0 Å². The number of hydrogen-bond acceptors (Lipinski definition) is 7. The number of nitrogens with two attached hydrogens (primary N) is 2. The van der Waals surface area contributed by atoms with Gasteiger partial charge in [0.05, 0.1) is 12.4 Å². The summed E-state index contributed by atoms with van der Waals surface area (Å²) in [6, 6.07) is -4.41. The molecule has 1 heterocycles. The smallest absolute Gasteiger partial charge is 0.326 e. The lowest BCUT2D eigenvalue weighted by molar-refractivity contribution is -0.142. The maximum atomic E-state index is 12.6. The number of primary amides is 1. The number of carboxylic acids is 1. The predicted molar refractivity (Wildman–Crippen MR) is 113 cm³/mol. The van der Waals surface area contributed by atoms with E-state index in [4.69, 9.17) is 11.5 Å². The minimum absolute atomic E-state index is 0.0356. The van der Waals surface area contributed by atoms with E-state index in [0.29, 0.717) is 5.69 Å². The summed E-state index contributed by atoms with van der Waals surface area (Å²) >= 11 is 0. The second kappa shape index (κ2) is 12.4. The van der Waals surface area contributed by atoms with Crippen LogP contribution < -0.4 is 27.4 Å².